The van der Waals surface area contributed by atoms with Crippen molar-refractivity contribution >= 4 is 5.91 Å². The van der Waals surface area contributed by atoms with Gasteiger partial charge in [0.05, 0.1) is 5.54 Å². The molecule has 2 bridgehead atoms. The molecular weight excluding hydrogens is 212 g/mol. The van der Waals surface area contributed by atoms with Crippen LogP contribution in [0.1, 0.15) is 46.0 Å². The van der Waals surface area contributed by atoms with Gasteiger partial charge in [-0.2, -0.15) is 0 Å². The molecule has 0 aromatic carbocycles. The number of rotatable bonds is 4. The molecule has 1 amide bonds. The molecule has 96 valence electrons. The second-order valence-corrected chi connectivity index (χ2v) is 6.65. The fourth-order valence-corrected chi connectivity index (χ4v) is 4.47. The lowest BCUT2D eigenvalue weighted by Crippen LogP contribution is -2.52. The molecule has 17 heavy (non-hydrogen) atoms. The second kappa shape index (κ2) is 3.71. The summed E-state index contributed by atoms with van der Waals surface area (Å²) in [5.41, 5.74) is 5.39. The van der Waals surface area contributed by atoms with Crippen LogP contribution in [-0.2, 0) is 4.79 Å². The molecule has 0 aliphatic heterocycles. The predicted octanol–water partition coefficient (Wildman–Crippen LogP) is 1.66. The van der Waals surface area contributed by atoms with E-state index >= 15 is 0 Å². The van der Waals surface area contributed by atoms with Gasteiger partial charge < -0.3 is 11.1 Å². The molecule has 3 aliphatic carbocycles. The second-order valence-electron chi connectivity index (χ2n) is 6.65. The SMILES string of the molecule is CCCC(C)(N)C(=O)NC1C2C3CCC(C3)C12. The lowest BCUT2D eigenvalue weighted by molar-refractivity contribution is -0.126. The van der Waals surface area contributed by atoms with Crippen LogP contribution in [0, 0.1) is 23.7 Å². The van der Waals surface area contributed by atoms with E-state index in [1.54, 1.807) is 0 Å². The zero-order valence-corrected chi connectivity index (χ0v) is 10.9. The van der Waals surface area contributed by atoms with E-state index in [1.165, 1.54) is 19.3 Å². The summed E-state index contributed by atoms with van der Waals surface area (Å²) in [7, 11) is 0. The Balaban J connectivity index is 1.58. The highest BCUT2D eigenvalue weighted by atomic mass is 16.2. The topological polar surface area (TPSA) is 55.1 Å². The van der Waals surface area contributed by atoms with Crippen LogP contribution >= 0.6 is 0 Å². The molecule has 3 fully saturated rings. The van der Waals surface area contributed by atoms with E-state index in [9.17, 15) is 4.79 Å². The van der Waals surface area contributed by atoms with Crippen molar-refractivity contribution in [2.24, 2.45) is 29.4 Å². The predicted molar refractivity (Wildman–Crippen MR) is 67.2 cm³/mol. The highest BCUT2D eigenvalue weighted by Crippen LogP contribution is 2.65. The van der Waals surface area contributed by atoms with Gasteiger partial charge in [0.2, 0.25) is 5.91 Å². The Bertz CT molecular complexity index is 323. The van der Waals surface area contributed by atoms with Gasteiger partial charge in [0, 0.05) is 6.04 Å². The van der Waals surface area contributed by atoms with Crippen molar-refractivity contribution in [2.75, 3.05) is 0 Å². The van der Waals surface area contributed by atoms with Crippen molar-refractivity contribution < 1.29 is 4.79 Å². The average Bonchev–Trinajstić information content (AvgIpc) is 2.69. The normalized spacial score (nSPS) is 45.2. The first-order valence-electron chi connectivity index (χ1n) is 7.14. The first-order valence-corrected chi connectivity index (χ1v) is 7.14. The minimum atomic E-state index is -0.676. The molecule has 0 radical (unpaired) electrons. The van der Waals surface area contributed by atoms with E-state index in [4.69, 9.17) is 5.73 Å². The Labute approximate surface area is 104 Å². The van der Waals surface area contributed by atoms with Gasteiger partial charge in [0.25, 0.3) is 0 Å². The van der Waals surface area contributed by atoms with Gasteiger partial charge >= 0.3 is 0 Å². The molecule has 5 unspecified atom stereocenters. The number of nitrogens with one attached hydrogen (secondary N) is 1. The van der Waals surface area contributed by atoms with Gasteiger partial charge in [-0.1, -0.05) is 13.3 Å². The molecule has 0 heterocycles. The van der Waals surface area contributed by atoms with Crippen LogP contribution in [0.15, 0.2) is 0 Å². The molecule has 0 spiro atoms. The molecule has 3 heteroatoms. The van der Waals surface area contributed by atoms with E-state index in [-0.39, 0.29) is 5.91 Å². The first-order chi connectivity index (χ1) is 8.04. The van der Waals surface area contributed by atoms with Crippen LogP contribution in [0.25, 0.3) is 0 Å². The van der Waals surface area contributed by atoms with Gasteiger partial charge in [-0.15, -0.1) is 0 Å². The lowest BCUT2D eigenvalue weighted by atomic mass is 9.96. The van der Waals surface area contributed by atoms with Crippen molar-refractivity contribution in [3.8, 4) is 0 Å². The third-order valence-electron chi connectivity index (χ3n) is 5.32. The van der Waals surface area contributed by atoms with Gasteiger partial charge in [0.1, 0.15) is 0 Å². The Morgan fingerprint density at radius 1 is 1.35 bits per heavy atom. The van der Waals surface area contributed by atoms with Gasteiger partial charge in [0.15, 0.2) is 0 Å². The molecule has 0 saturated heterocycles. The number of nitrogens with two attached hydrogens (primary N) is 1. The van der Waals surface area contributed by atoms with Crippen LogP contribution in [0.3, 0.4) is 0 Å². The van der Waals surface area contributed by atoms with Gasteiger partial charge in [-0.05, 0) is 56.3 Å². The Kier molecular flexibility index (Phi) is 2.51. The lowest BCUT2D eigenvalue weighted by Gasteiger charge is -2.24. The quantitative estimate of drug-likeness (QED) is 0.780. The zero-order chi connectivity index (χ0) is 12.2. The molecule has 3 aliphatic rings. The Hall–Kier alpha value is -0.570. The molecule has 3 nitrogen and oxygen atoms in total. The van der Waals surface area contributed by atoms with Crippen molar-refractivity contribution in [2.45, 2.75) is 57.5 Å². The van der Waals surface area contributed by atoms with Crippen LogP contribution in [0.2, 0.25) is 0 Å². The number of carbonyl (C=O) groups excluding carboxylic acids is 1. The summed E-state index contributed by atoms with van der Waals surface area (Å²) in [5.74, 6) is 3.49. The van der Waals surface area contributed by atoms with Crippen LogP contribution < -0.4 is 11.1 Å². The standard InChI is InChI=1S/C14H24N2O/c1-3-6-14(2,15)13(17)16-12-10-8-4-5-9(7-8)11(10)12/h8-12H,3-7,15H2,1-2H3,(H,16,17). The van der Waals surface area contributed by atoms with E-state index in [0.29, 0.717) is 6.04 Å². The van der Waals surface area contributed by atoms with Gasteiger partial charge in [-0.25, -0.2) is 0 Å². The fraction of sp³-hybridized carbons (Fsp3) is 0.929. The third-order valence-corrected chi connectivity index (χ3v) is 5.32. The highest BCUT2D eigenvalue weighted by molar-refractivity contribution is 5.86. The summed E-state index contributed by atoms with van der Waals surface area (Å²) in [6.45, 7) is 3.93. The first kappa shape index (κ1) is 11.5. The summed E-state index contributed by atoms with van der Waals surface area (Å²) in [4.78, 5) is 12.1. The number of hydrogen-bond donors (Lipinski definition) is 2. The summed E-state index contributed by atoms with van der Waals surface area (Å²) >= 11 is 0. The van der Waals surface area contributed by atoms with E-state index in [0.717, 1.165) is 36.5 Å². The molecule has 3 saturated carbocycles. The molecule has 3 rings (SSSR count). The maximum atomic E-state index is 12.1. The number of amides is 1. The Morgan fingerprint density at radius 3 is 2.47 bits per heavy atom. The van der Waals surface area contributed by atoms with Gasteiger partial charge in [-0.3, -0.25) is 4.79 Å². The molecule has 0 aromatic rings. The molecule has 5 atom stereocenters. The zero-order valence-electron chi connectivity index (χ0n) is 10.9. The minimum Gasteiger partial charge on any atom is -0.351 e. The van der Waals surface area contributed by atoms with Crippen LogP contribution in [-0.4, -0.2) is 17.5 Å². The summed E-state index contributed by atoms with van der Waals surface area (Å²) in [6, 6.07) is 0.466. The average molecular weight is 236 g/mol. The maximum Gasteiger partial charge on any atom is 0.240 e. The molecular formula is C14H24N2O. The van der Waals surface area contributed by atoms with E-state index < -0.39 is 5.54 Å². The largest absolute Gasteiger partial charge is 0.351 e. The summed E-state index contributed by atoms with van der Waals surface area (Å²) in [5, 5.41) is 3.22. The van der Waals surface area contributed by atoms with Crippen LogP contribution in [0.5, 0.6) is 0 Å². The number of carbonyl (C=O) groups is 1. The number of fused-ring (bicyclic) bond motifs is 5. The third kappa shape index (κ3) is 1.70. The van der Waals surface area contributed by atoms with Crippen molar-refractivity contribution in [1.29, 1.82) is 0 Å². The monoisotopic (exact) mass is 236 g/mol. The van der Waals surface area contributed by atoms with Crippen LogP contribution in [0.4, 0.5) is 0 Å². The maximum absolute atomic E-state index is 12.1. The molecule has 3 N–H and O–H groups in total. The van der Waals surface area contributed by atoms with E-state index in [1.807, 2.05) is 6.92 Å². The van der Waals surface area contributed by atoms with E-state index in [2.05, 4.69) is 12.2 Å². The fourth-order valence-electron chi connectivity index (χ4n) is 4.47. The summed E-state index contributed by atoms with van der Waals surface area (Å²) in [6.07, 6.45) is 5.95. The summed E-state index contributed by atoms with van der Waals surface area (Å²) < 4.78 is 0. The van der Waals surface area contributed by atoms with Crippen molar-refractivity contribution in [3.63, 3.8) is 0 Å². The molecule has 0 aromatic heterocycles. The smallest absolute Gasteiger partial charge is 0.240 e. The van der Waals surface area contributed by atoms with Crippen molar-refractivity contribution in [3.05, 3.63) is 0 Å². The number of hydrogen-bond acceptors (Lipinski definition) is 2. The Morgan fingerprint density at radius 2 is 1.94 bits per heavy atom. The minimum absolute atomic E-state index is 0.0677. The van der Waals surface area contributed by atoms with Crippen molar-refractivity contribution in [1.82, 2.24) is 5.32 Å². The highest BCUT2D eigenvalue weighted by Gasteiger charge is 2.65.